The van der Waals surface area contributed by atoms with E-state index in [0.29, 0.717) is 30.1 Å². The SMILES string of the molecule is Cc1cc(C(NC(=O)CC2(c3ccc(Br)cc3)CCN(C(=O)OC(C)(C)C)C2)c2ccccc2Cl)ccc1F. The molecular weight excluding hydrogens is 583 g/mol. The molecule has 0 aliphatic carbocycles. The maximum Gasteiger partial charge on any atom is 0.410 e. The zero-order valence-electron chi connectivity index (χ0n) is 22.6. The Morgan fingerprint density at radius 3 is 2.46 bits per heavy atom. The molecule has 0 aromatic heterocycles. The van der Waals surface area contributed by atoms with Crippen LogP contribution in [0.15, 0.2) is 71.2 Å². The lowest BCUT2D eigenvalue weighted by Crippen LogP contribution is -2.41. The molecule has 1 heterocycles. The predicted octanol–water partition coefficient (Wildman–Crippen LogP) is 7.72. The Labute approximate surface area is 242 Å². The number of carbonyl (C=O) groups is 2. The lowest BCUT2D eigenvalue weighted by Gasteiger charge is -2.31. The molecule has 0 saturated carbocycles. The highest BCUT2D eigenvalue weighted by Crippen LogP contribution is 2.39. The second-order valence-corrected chi connectivity index (χ2v) is 12.5. The van der Waals surface area contributed by atoms with Crippen molar-refractivity contribution in [3.8, 4) is 0 Å². The number of aryl methyl sites for hydroxylation is 1. The molecule has 1 saturated heterocycles. The minimum atomic E-state index is -0.618. The second-order valence-electron chi connectivity index (χ2n) is 11.1. The predicted molar refractivity (Wildman–Crippen MR) is 155 cm³/mol. The molecule has 0 spiro atoms. The molecule has 1 fully saturated rings. The normalized spacial score (nSPS) is 18.1. The van der Waals surface area contributed by atoms with E-state index in [0.717, 1.165) is 21.2 Å². The Kier molecular flexibility index (Phi) is 8.72. The summed E-state index contributed by atoms with van der Waals surface area (Å²) < 4.78 is 20.6. The smallest absolute Gasteiger partial charge is 0.410 e. The van der Waals surface area contributed by atoms with E-state index < -0.39 is 23.2 Å². The van der Waals surface area contributed by atoms with Crippen LogP contribution in [0.25, 0.3) is 0 Å². The third-order valence-corrected chi connectivity index (χ3v) is 7.87. The number of hydrogen-bond acceptors (Lipinski definition) is 3. The number of hydrogen-bond donors (Lipinski definition) is 1. The molecule has 1 aliphatic heterocycles. The number of halogens is 3. The minimum Gasteiger partial charge on any atom is -0.444 e. The molecule has 0 bridgehead atoms. The molecule has 1 N–H and O–H groups in total. The van der Waals surface area contributed by atoms with Crippen molar-refractivity contribution < 1.29 is 18.7 Å². The molecule has 0 radical (unpaired) electrons. The summed E-state index contributed by atoms with van der Waals surface area (Å²) in [5.41, 5.74) is 1.68. The summed E-state index contributed by atoms with van der Waals surface area (Å²) in [5.74, 6) is -0.513. The van der Waals surface area contributed by atoms with Crippen molar-refractivity contribution in [3.05, 3.63) is 104 Å². The summed E-state index contributed by atoms with van der Waals surface area (Å²) in [5, 5.41) is 3.67. The molecule has 2 atom stereocenters. The van der Waals surface area contributed by atoms with Crippen molar-refractivity contribution >= 4 is 39.5 Å². The van der Waals surface area contributed by atoms with E-state index in [9.17, 15) is 14.0 Å². The summed E-state index contributed by atoms with van der Waals surface area (Å²) in [6.07, 6.45) is 0.362. The van der Waals surface area contributed by atoms with Crippen LogP contribution >= 0.6 is 27.5 Å². The average molecular weight is 616 g/mol. The number of nitrogens with zero attached hydrogens (tertiary/aromatic N) is 1. The Morgan fingerprint density at radius 1 is 1.13 bits per heavy atom. The first-order valence-electron chi connectivity index (χ1n) is 12.9. The summed E-state index contributed by atoms with van der Waals surface area (Å²) >= 11 is 10.0. The van der Waals surface area contributed by atoms with E-state index in [1.807, 2.05) is 63.2 Å². The molecule has 1 aliphatic rings. The number of benzene rings is 3. The van der Waals surface area contributed by atoms with E-state index >= 15 is 0 Å². The van der Waals surface area contributed by atoms with Crippen molar-refractivity contribution in [2.24, 2.45) is 0 Å². The molecule has 8 heteroatoms. The molecule has 4 rings (SSSR count). The maximum atomic E-state index is 14.1. The maximum absolute atomic E-state index is 14.1. The Balaban J connectivity index is 1.65. The topological polar surface area (TPSA) is 58.6 Å². The van der Waals surface area contributed by atoms with E-state index in [-0.39, 0.29) is 18.1 Å². The first-order valence-corrected chi connectivity index (χ1v) is 14.1. The van der Waals surface area contributed by atoms with Crippen LogP contribution in [0.2, 0.25) is 5.02 Å². The third kappa shape index (κ3) is 7.00. The lowest BCUT2D eigenvalue weighted by atomic mass is 9.76. The second kappa shape index (κ2) is 11.7. The quantitative estimate of drug-likeness (QED) is 0.309. The van der Waals surface area contributed by atoms with E-state index in [4.69, 9.17) is 16.3 Å². The van der Waals surface area contributed by atoms with Gasteiger partial charge in [-0.05, 0) is 80.6 Å². The minimum absolute atomic E-state index is 0.148. The van der Waals surface area contributed by atoms with Gasteiger partial charge in [-0.3, -0.25) is 4.79 Å². The van der Waals surface area contributed by atoms with Crippen molar-refractivity contribution in [2.75, 3.05) is 13.1 Å². The van der Waals surface area contributed by atoms with Crippen LogP contribution in [0.4, 0.5) is 9.18 Å². The van der Waals surface area contributed by atoms with Crippen LogP contribution in [-0.2, 0) is 14.9 Å². The van der Waals surface area contributed by atoms with Gasteiger partial charge in [-0.25, -0.2) is 9.18 Å². The van der Waals surface area contributed by atoms with Gasteiger partial charge in [-0.15, -0.1) is 0 Å². The van der Waals surface area contributed by atoms with Crippen molar-refractivity contribution in [1.29, 1.82) is 0 Å². The molecule has 3 aromatic carbocycles. The number of amides is 2. The van der Waals surface area contributed by atoms with Gasteiger partial charge in [0.25, 0.3) is 0 Å². The van der Waals surface area contributed by atoms with E-state index in [1.54, 1.807) is 30.0 Å². The fourth-order valence-electron chi connectivity index (χ4n) is 5.06. The van der Waals surface area contributed by atoms with E-state index in [1.165, 1.54) is 6.07 Å². The fraction of sp³-hybridized carbons (Fsp3) is 0.355. The van der Waals surface area contributed by atoms with Crippen LogP contribution in [0.5, 0.6) is 0 Å². The highest BCUT2D eigenvalue weighted by molar-refractivity contribution is 9.10. The fourth-order valence-corrected chi connectivity index (χ4v) is 5.57. The molecule has 2 unspecified atom stereocenters. The van der Waals surface area contributed by atoms with Crippen molar-refractivity contribution in [3.63, 3.8) is 0 Å². The third-order valence-electron chi connectivity index (χ3n) is 7.00. The molecule has 5 nitrogen and oxygen atoms in total. The Bertz CT molecular complexity index is 1360. The summed E-state index contributed by atoms with van der Waals surface area (Å²) in [6.45, 7) is 8.02. The number of rotatable bonds is 6. The molecule has 39 heavy (non-hydrogen) atoms. The highest BCUT2D eigenvalue weighted by Gasteiger charge is 2.44. The largest absolute Gasteiger partial charge is 0.444 e. The van der Waals surface area contributed by atoms with Gasteiger partial charge in [0, 0.05) is 34.4 Å². The van der Waals surface area contributed by atoms with Gasteiger partial charge in [0.1, 0.15) is 11.4 Å². The van der Waals surface area contributed by atoms with Gasteiger partial charge in [0.05, 0.1) is 6.04 Å². The monoisotopic (exact) mass is 614 g/mol. The number of carbonyl (C=O) groups excluding carboxylic acids is 2. The first kappa shape index (κ1) is 29.1. The Hall–Kier alpha value is -2.90. The number of ether oxygens (including phenoxy) is 1. The van der Waals surface area contributed by atoms with Crippen LogP contribution in [-0.4, -0.2) is 35.6 Å². The van der Waals surface area contributed by atoms with Crippen LogP contribution in [0.1, 0.15) is 61.9 Å². The summed E-state index contributed by atoms with van der Waals surface area (Å²) in [7, 11) is 0. The van der Waals surface area contributed by atoms with E-state index in [2.05, 4.69) is 21.2 Å². The molecule has 3 aromatic rings. The van der Waals surface area contributed by atoms with Gasteiger partial charge in [0.2, 0.25) is 5.91 Å². The number of nitrogens with one attached hydrogen (secondary N) is 1. The van der Waals surface area contributed by atoms with Crippen LogP contribution in [0.3, 0.4) is 0 Å². The summed E-state index contributed by atoms with van der Waals surface area (Å²) in [6, 6.07) is 19.4. The average Bonchev–Trinajstić information content (AvgIpc) is 3.29. The van der Waals surface area contributed by atoms with Gasteiger partial charge in [-0.1, -0.05) is 70.0 Å². The van der Waals surface area contributed by atoms with Crippen LogP contribution in [0, 0.1) is 12.7 Å². The van der Waals surface area contributed by atoms with Crippen LogP contribution < -0.4 is 5.32 Å². The number of likely N-dealkylation sites (tertiary alicyclic amines) is 1. The highest BCUT2D eigenvalue weighted by atomic mass is 79.9. The lowest BCUT2D eigenvalue weighted by molar-refractivity contribution is -0.122. The van der Waals surface area contributed by atoms with Gasteiger partial charge in [-0.2, -0.15) is 0 Å². The van der Waals surface area contributed by atoms with Crippen molar-refractivity contribution in [1.82, 2.24) is 10.2 Å². The van der Waals surface area contributed by atoms with Crippen molar-refractivity contribution in [2.45, 2.75) is 57.6 Å². The van der Waals surface area contributed by atoms with Gasteiger partial charge < -0.3 is 15.0 Å². The molecule has 206 valence electrons. The standard InChI is InChI=1S/C31H33BrClFN2O3/c1-20-17-21(9-14-26(20)34)28(24-7-5-6-8-25(24)33)35-27(37)18-31(22-10-12-23(32)13-11-22)15-16-36(19-31)29(38)39-30(2,3)4/h5-14,17,28H,15-16,18-19H2,1-4H3,(H,35,37). The zero-order chi connectivity index (χ0) is 28.4. The Morgan fingerprint density at radius 2 is 1.82 bits per heavy atom. The summed E-state index contributed by atoms with van der Waals surface area (Å²) in [4.78, 5) is 28.4. The molecular formula is C31H33BrClFN2O3. The van der Waals surface area contributed by atoms with Gasteiger partial charge in [0.15, 0.2) is 0 Å². The zero-order valence-corrected chi connectivity index (χ0v) is 24.9. The first-order chi connectivity index (χ1) is 18.4. The molecule has 2 amide bonds. The van der Waals surface area contributed by atoms with Gasteiger partial charge >= 0.3 is 6.09 Å².